The van der Waals surface area contributed by atoms with Crippen LogP contribution < -0.4 is 11.5 Å². The zero-order valence-corrected chi connectivity index (χ0v) is 13.8. The number of hydrogen-bond donors (Lipinski definition) is 3. The molecule has 3 atom stereocenters. The predicted molar refractivity (Wildman–Crippen MR) is 85.6 cm³/mol. The van der Waals surface area contributed by atoms with Gasteiger partial charge in [0.25, 0.3) is 5.91 Å². The molecule has 1 rings (SSSR count). The summed E-state index contributed by atoms with van der Waals surface area (Å²) in [5.74, 6) is -4.23. The van der Waals surface area contributed by atoms with Gasteiger partial charge in [0.2, 0.25) is 5.91 Å². The van der Waals surface area contributed by atoms with Gasteiger partial charge in [-0.3, -0.25) is 9.59 Å². The second-order valence-corrected chi connectivity index (χ2v) is 6.22. The number of primary amides is 2. The van der Waals surface area contributed by atoms with E-state index in [1.165, 1.54) is 6.42 Å². The lowest BCUT2D eigenvalue weighted by molar-refractivity contribution is -0.130. The van der Waals surface area contributed by atoms with Gasteiger partial charge in [-0.05, 0) is 56.7 Å². The summed E-state index contributed by atoms with van der Waals surface area (Å²) in [4.78, 5) is 22.4. The van der Waals surface area contributed by atoms with Crippen molar-refractivity contribution >= 4 is 11.8 Å². The van der Waals surface area contributed by atoms with Crippen LogP contribution in [0.2, 0.25) is 0 Å². The highest BCUT2D eigenvalue weighted by atomic mass is 19.1. The first-order chi connectivity index (χ1) is 11.5. The minimum atomic E-state index is -2.28. The van der Waals surface area contributed by atoms with E-state index < -0.39 is 41.1 Å². The lowest BCUT2D eigenvalue weighted by atomic mass is 9.89. The molecule has 139 valence electrons. The van der Waals surface area contributed by atoms with Gasteiger partial charge in [0.05, 0.1) is 6.10 Å². The van der Waals surface area contributed by atoms with E-state index >= 15 is 0 Å². The van der Waals surface area contributed by atoms with E-state index in [2.05, 4.69) is 0 Å². The van der Waals surface area contributed by atoms with Crippen LogP contribution in [0, 0.1) is 24.0 Å². The quantitative estimate of drug-likeness (QED) is 0.590. The minimum absolute atomic E-state index is 0.0647. The smallest absolute Gasteiger partial charge is 0.254 e. The van der Waals surface area contributed by atoms with E-state index in [0.717, 1.165) is 25.1 Å². The molecule has 2 amide bonds. The molecule has 8 heteroatoms. The summed E-state index contributed by atoms with van der Waals surface area (Å²) in [6, 6.07) is 2.98. The highest BCUT2D eigenvalue weighted by Gasteiger charge is 2.32. The van der Waals surface area contributed by atoms with Crippen LogP contribution in [-0.4, -0.2) is 28.7 Å². The fraction of sp³-hybridized carbons (Fsp3) is 0.471. The number of amides is 2. The van der Waals surface area contributed by atoms with Gasteiger partial charge in [-0.1, -0.05) is 0 Å². The summed E-state index contributed by atoms with van der Waals surface area (Å²) < 4.78 is 40.0. The molecule has 0 spiro atoms. The van der Waals surface area contributed by atoms with E-state index in [0.29, 0.717) is 5.56 Å². The number of aliphatic hydroxyl groups excluding tert-OH is 1. The highest BCUT2D eigenvalue weighted by Crippen LogP contribution is 2.24. The Balaban J connectivity index is 2.57. The van der Waals surface area contributed by atoms with Crippen LogP contribution in [-0.2, 0) is 16.0 Å². The molecule has 25 heavy (non-hydrogen) atoms. The number of benzene rings is 1. The summed E-state index contributed by atoms with van der Waals surface area (Å²) in [6.45, 7) is 1.01. The summed E-state index contributed by atoms with van der Waals surface area (Å²) in [7, 11) is 0. The maximum Gasteiger partial charge on any atom is 0.254 e. The lowest BCUT2D eigenvalue weighted by Gasteiger charge is -2.21. The lowest BCUT2D eigenvalue weighted by Crippen LogP contribution is -2.38. The van der Waals surface area contributed by atoms with Crippen molar-refractivity contribution in [2.75, 3.05) is 0 Å². The van der Waals surface area contributed by atoms with Crippen molar-refractivity contribution < 1.29 is 27.9 Å². The molecule has 0 saturated carbocycles. The van der Waals surface area contributed by atoms with Crippen molar-refractivity contribution in [3.63, 3.8) is 0 Å². The number of nitrogens with two attached hydrogens (primary N) is 2. The normalized spacial score (nSPS) is 16.0. The third kappa shape index (κ3) is 7.13. The molecule has 0 aliphatic heterocycles. The summed E-state index contributed by atoms with van der Waals surface area (Å²) in [5.41, 5.74) is 8.20. The van der Waals surface area contributed by atoms with Crippen molar-refractivity contribution in [2.45, 2.75) is 44.4 Å². The molecule has 0 saturated heterocycles. The SMILES string of the molecule is CC(F)(CCC(CC(O)[CH]Cc1cc(F)cc(F)c1)C(N)=O)C(N)=O. The van der Waals surface area contributed by atoms with Crippen LogP contribution in [0.15, 0.2) is 18.2 Å². The summed E-state index contributed by atoms with van der Waals surface area (Å²) >= 11 is 0. The second-order valence-electron chi connectivity index (χ2n) is 6.22. The molecule has 3 unspecified atom stereocenters. The third-order valence-electron chi connectivity index (χ3n) is 3.95. The number of rotatable bonds is 10. The predicted octanol–water partition coefficient (Wildman–Crippen LogP) is 1.56. The third-order valence-corrected chi connectivity index (χ3v) is 3.95. The van der Waals surface area contributed by atoms with Crippen molar-refractivity contribution in [2.24, 2.45) is 17.4 Å². The summed E-state index contributed by atoms with van der Waals surface area (Å²) in [6.07, 6.45) is -0.121. The molecule has 0 fully saturated rings. The largest absolute Gasteiger partial charge is 0.393 e. The number of alkyl halides is 1. The molecule has 0 aromatic heterocycles. The van der Waals surface area contributed by atoms with Gasteiger partial charge in [-0.15, -0.1) is 0 Å². The highest BCUT2D eigenvalue weighted by molar-refractivity contribution is 5.83. The van der Waals surface area contributed by atoms with Gasteiger partial charge in [0.15, 0.2) is 5.67 Å². The molecule has 1 aromatic rings. The zero-order valence-electron chi connectivity index (χ0n) is 13.8. The second kappa shape index (κ2) is 8.84. The fourth-order valence-corrected chi connectivity index (χ4v) is 2.33. The maximum atomic E-state index is 13.9. The van der Waals surface area contributed by atoms with Gasteiger partial charge in [-0.25, -0.2) is 13.2 Å². The molecule has 0 heterocycles. The minimum Gasteiger partial charge on any atom is -0.393 e. The van der Waals surface area contributed by atoms with Crippen LogP contribution in [0.5, 0.6) is 0 Å². The van der Waals surface area contributed by atoms with Crippen molar-refractivity contribution in [3.8, 4) is 0 Å². The standard InChI is InChI=1S/C17H22F3N2O3/c1-17(20,16(22)25)5-4-11(15(21)24)8-14(23)3-2-10-6-12(18)9-13(19)7-10/h3,6-7,9,11,14,23H,2,4-5,8H2,1H3,(H2,21,24)(H2,22,25). The fourth-order valence-electron chi connectivity index (χ4n) is 2.33. The Morgan fingerprint density at radius 1 is 1.24 bits per heavy atom. The first-order valence-electron chi connectivity index (χ1n) is 7.75. The molecule has 5 N–H and O–H groups in total. The monoisotopic (exact) mass is 359 g/mol. The molecular weight excluding hydrogens is 337 g/mol. The van der Waals surface area contributed by atoms with Crippen molar-refractivity contribution in [3.05, 3.63) is 41.8 Å². The van der Waals surface area contributed by atoms with Gasteiger partial charge < -0.3 is 16.6 Å². The molecule has 1 radical (unpaired) electrons. The van der Waals surface area contributed by atoms with Crippen molar-refractivity contribution in [1.82, 2.24) is 0 Å². The Bertz CT molecular complexity index is 603. The van der Waals surface area contributed by atoms with E-state index in [-0.39, 0.29) is 25.7 Å². The van der Waals surface area contributed by atoms with E-state index in [4.69, 9.17) is 11.5 Å². The summed E-state index contributed by atoms with van der Waals surface area (Å²) in [5, 5.41) is 9.97. The number of aliphatic hydroxyl groups is 1. The number of hydrogen-bond acceptors (Lipinski definition) is 3. The Morgan fingerprint density at radius 2 is 1.80 bits per heavy atom. The molecule has 0 aliphatic carbocycles. The average molecular weight is 359 g/mol. The van der Waals surface area contributed by atoms with Gasteiger partial charge >= 0.3 is 0 Å². The zero-order chi connectivity index (χ0) is 19.2. The number of halogens is 3. The molecular formula is C17H22F3N2O3. The van der Waals surface area contributed by atoms with E-state index in [9.17, 15) is 27.9 Å². The van der Waals surface area contributed by atoms with Gasteiger partial charge in [0.1, 0.15) is 11.6 Å². The Hall–Kier alpha value is -2.09. The molecule has 0 aliphatic rings. The molecule has 0 bridgehead atoms. The number of carbonyl (C=O) groups is 2. The van der Waals surface area contributed by atoms with Crippen LogP contribution >= 0.6 is 0 Å². The first kappa shape index (κ1) is 21.0. The van der Waals surface area contributed by atoms with Crippen LogP contribution in [0.4, 0.5) is 13.2 Å². The van der Waals surface area contributed by atoms with Crippen LogP contribution in [0.1, 0.15) is 31.7 Å². The van der Waals surface area contributed by atoms with Crippen molar-refractivity contribution in [1.29, 1.82) is 0 Å². The Kier molecular flexibility index (Phi) is 7.41. The van der Waals surface area contributed by atoms with Gasteiger partial charge in [0, 0.05) is 12.0 Å². The van der Waals surface area contributed by atoms with Crippen LogP contribution in [0.3, 0.4) is 0 Å². The van der Waals surface area contributed by atoms with E-state index in [1.807, 2.05) is 0 Å². The number of carbonyl (C=O) groups excluding carboxylic acids is 2. The molecule has 5 nitrogen and oxygen atoms in total. The first-order valence-corrected chi connectivity index (χ1v) is 7.75. The maximum absolute atomic E-state index is 13.9. The Morgan fingerprint density at radius 3 is 2.28 bits per heavy atom. The Labute approximate surface area is 144 Å². The topological polar surface area (TPSA) is 106 Å². The van der Waals surface area contributed by atoms with Gasteiger partial charge in [-0.2, -0.15) is 0 Å². The van der Waals surface area contributed by atoms with E-state index in [1.54, 1.807) is 0 Å². The van der Waals surface area contributed by atoms with Crippen LogP contribution in [0.25, 0.3) is 0 Å². The molecule has 1 aromatic carbocycles. The average Bonchev–Trinajstić information content (AvgIpc) is 2.48.